The van der Waals surface area contributed by atoms with Gasteiger partial charge in [-0.25, -0.2) is 4.98 Å². The number of fused-ring (bicyclic) bond motifs is 1. The first-order valence-electron chi connectivity index (χ1n) is 7.61. The van der Waals surface area contributed by atoms with Gasteiger partial charge < -0.3 is 9.72 Å². The molecular weight excluding hydrogens is 274 g/mol. The van der Waals surface area contributed by atoms with Crippen LogP contribution in [-0.4, -0.2) is 15.3 Å². The van der Waals surface area contributed by atoms with Crippen LogP contribution < -0.4 is 5.32 Å². The summed E-state index contributed by atoms with van der Waals surface area (Å²) in [5.74, 6) is 0.438. The SMILES string of the molecule is O=C(NC(c1ccccc1)C1CC1)c1cn2ccccc2n1. The van der Waals surface area contributed by atoms with Crippen molar-refractivity contribution in [3.8, 4) is 0 Å². The number of benzene rings is 1. The summed E-state index contributed by atoms with van der Waals surface area (Å²) >= 11 is 0. The molecule has 1 aliphatic carbocycles. The van der Waals surface area contributed by atoms with E-state index >= 15 is 0 Å². The van der Waals surface area contributed by atoms with Gasteiger partial charge in [-0.1, -0.05) is 36.4 Å². The number of nitrogens with zero attached hydrogens (tertiary/aromatic N) is 2. The minimum atomic E-state index is -0.107. The highest BCUT2D eigenvalue weighted by molar-refractivity contribution is 5.93. The predicted octanol–water partition coefficient (Wildman–Crippen LogP) is 3.22. The molecule has 1 N–H and O–H groups in total. The molecule has 1 saturated carbocycles. The Bertz CT molecular complexity index is 772. The van der Waals surface area contributed by atoms with E-state index < -0.39 is 0 Å². The van der Waals surface area contributed by atoms with Crippen LogP contribution in [0.15, 0.2) is 60.9 Å². The summed E-state index contributed by atoms with van der Waals surface area (Å²) in [6, 6.07) is 16.0. The highest BCUT2D eigenvalue weighted by Gasteiger charge is 2.33. The van der Waals surface area contributed by atoms with Crippen LogP contribution in [0.3, 0.4) is 0 Å². The van der Waals surface area contributed by atoms with E-state index in [0.717, 1.165) is 5.65 Å². The number of nitrogens with one attached hydrogen (secondary N) is 1. The van der Waals surface area contributed by atoms with Crippen molar-refractivity contribution in [2.24, 2.45) is 5.92 Å². The molecule has 2 heterocycles. The average Bonchev–Trinajstić information content (AvgIpc) is 3.30. The van der Waals surface area contributed by atoms with Gasteiger partial charge >= 0.3 is 0 Å². The van der Waals surface area contributed by atoms with E-state index in [1.54, 1.807) is 6.20 Å². The maximum Gasteiger partial charge on any atom is 0.271 e. The zero-order valence-electron chi connectivity index (χ0n) is 12.1. The van der Waals surface area contributed by atoms with Gasteiger partial charge in [0.2, 0.25) is 0 Å². The fourth-order valence-corrected chi connectivity index (χ4v) is 2.82. The standard InChI is InChI=1S/C18H17N3O/c22-18(15-12-21-11-5-4-8-16(21)19-15)20-17(14-9-10-14)13-6-2-1-3-7-13/h1-8,11-12,14,17H,9-10H2,(H,20,22). The minimum absolute atomic E-state index is 0.0820. The Labute approximate surface area is 128 Å². The molecule has 1 atom stereocenters. The molecule has 3 aromatic rings. The van der Waals surface area contributed by atoms with Crippen LogP contribution in [0.2, 0.25) is 0 Å². The van der Waals surface area contributed by atoms with E-state index in [-0.39, 0.29) is 11.9 Å². The molecule has 1 fully saturated rings. The minimum Gasteiger partial charge on any atom is -0.344 e. The van der Waals surface area contributed by atoms with Gasteiger partial charge in [-0.05, 0) is 36.5 Å². The van der Waals surface area contributed by atoms with Crippen LogP contribution in [0.5, 0.6) is 0 Å². The lowest BCUT2D eigenvalue weighted by Gasteiger charge is -2.18. The third kappa shape index (κ3) is 2.48. The van der Waals surface area contributed by atoms with Crippen LogP contribution in [0.25, 0.3) is 5.65 Å². The van der Waals surface area contributed by atoms with E-state index in [1.165, 1.54) is 18.4 Å². The quantitative estimate of drug-likeness (QED) is 0.802. The fraction of sp³-hybridized carbons (Fsp3) is 0.222. The highest BCUT2D eigenvalue weighted by Crippen LogP contribution is 2.41. The van der Waals surface area contributed by atoms with Crippen LogP contribution in [0, 0.1) is 5.92 Å². The Balaban J connectivity index is 1.59. The lowest BCUT2D eigenvalue weighted by atomic mass is 10.0. The molecule has 0 aliphatic heterocycles. The molecule has 1 aromatic carbocycles. The van der Waals surface area contributed by atoms with Gasteiger partial charge in [0.15, 0.2) is 0 Å². The second kappa shape index (κ2) is 5.30. The Kier molecular flexibility index (Phi) is 3.15. The molecule has 22 heavy (non-hydrogen) atoms. The van der Waals surface area contributed by atoms with Crippen molar-refractivity contribution in [2.45, 2.75) is 18.9 Å². The maximum atomic E-state index is 12.5. The molecule has 4 rings (SSSR count). The van der Waals surface area contributed by atoms with Crippen molar-refractivity contribution in [3.63, 3.8) is 0 Å². The number of aromatic nitrogens is 2. The molecule has 1 unspecified atom stereocenters. The van der Waals surface area contributed by atoms with Crippen molar-refractivity contribution in [3.05, 3.63) is 72.2 Å². The van der Waals surface area contributed by atoms with Gasteiger partial charge in [-0.3, -0.25) is 4.79 Å². The van der Waals surface area contributed by atoms with Crippen LogP contribution >= 0.6 is 0 Å². The third-order valence-corrected chi connectivity index (χ3v) is 4.14. The number of pyridine rings is 1. The zero-order valence-corrected chi connectivity index (χ0v) is 12.1. The van der Waals surface area contributed by atoms with Crippen LogP contribution in [0.1, 0.15) is 34.9 Å². The van der Waals surface area contributed by atoms with Crippen LogP contribution in [-0.2, 0) is 0 Å². The lowest BCUT2D eigenvalue weighted by Crippen LogP contribution is -2.30. The molecule has 4 heteroatoms. The van der Waals surface area contributed by atoms with Gasteiger partial charge in [0, 0.05) is 12.4 Å². The number of hydrogen-bond acceptors (Lipinski definition) is 2. The first-order valence-corrected chi connectivity index (χ1v) is 7.61. The monoisotopic (exact) mass is 291 g/mol. The molecule has 2 aromatic heterocycles. The largest absolute Gasteiger partial charge is 0.344 e. The molecule has 0 spiro atoms. The van der Waals surface area contributed by atoms with Crippen molar-refractivity contribution in [1.29, 1.82) is 0 Å². The number of hydrogen-bond donors (Lipinski definition) is 1. The van der Waals surface area contributed by atoms with Gasteiger partial charge in [-0.15, -0.1) is 0 Å². The molecule has 0 bridgehead atoms. The molecule has 1 amide bonds. The van der Waals surface area contributed by atoms with E-state index in [0.29, 0.717) is 11.6 Å². The normalized spacial score (nSPS) is 15.6. The van der Waals surface area contributed by atoms with Crippen molar-refractivity contribution >= 4 is 11.6 Å². The summed E-state index contributed by atoms with van der Waals surface area (Å²) in [5.41, 5.74) is 2.42. The van der Waals surface area contributed by atoms with E-state index in [2.05, 4.69) is 22.4 Å². The molecule has 1 aliphatic rings. The molecule has 110 valence electrons. The molecule has 0 saturated heterocycles. The first-order chi connectivity index (χ1) is 10.8. The first kappa shape index (κ1) is 13.1. The number of carbonyl (C=O) groups is 1. The van der Waals surface area contributed by atoms with Gasteiger partial charge in [0.05, 0.1) is 6.04 Å². The summed E-state index contributed by atoms with van der Waals surface area (Å²) in [4.78, 5) is 16.9. The zero-order chi connectivity index (χ0) is 14.9. The number of amides is 1. The Morgan fingerprint density at radius 2 is 1.91 bits per heavy atom. The number of rotatable bonds is 4. The van der Waals surface area contributed by atoms with Crippen molar-refractivity contribution < 1.29 is 4.79 Å². The molecular formula is C18H17N3O. The molecule has 4 nitrogen and oxygen atoms in total. The number of imidazole rings is 1. The Morgan fingerprint density at radius 3 is 2.64 bits per heavy atom. The molecule has 0 radical (unpaired) electrons. The van der Waals surface area contributed by atoms with Crippen molar-refractivity contribution in [2.75, 3.05) is 0 Å². The predicted molar refractivity (Wildman–Crippen MR) is 84.6 cm³/mol. The fourth-order valence-electron chi connectivity index (χ4n) is 2.82. The van der Waals surface area contributed by atoms with E-state index in [9.17, 15) is 4.79 Å². The lowest BCUT2D eigenvalue weighted by molar-refractivity contribution is 0.0927. The summed E-state index contributed by atoms with van der Waals surface area (Å²) in [6.07, 6.45) is 6.02. The van der Waals surface area contributed by atoms with E-state index in [4.69, 9.17) is 0 Å². The smallest absolute Gasteiger partial charge is 0.271 e. The number of carbonyl (C=O) groups excluding carboxylic acids is 1. The average molecular weight is 291 g/mol. The van der Waals surface area contributed by atoms with Gasteiger partial charge in [0.1, 0.15) is 11.3 Å². The Hall–Kier alpha value is -2.62. The van der Waals surface area contributed by atoms with Crippen molar-refractivity contribution in [1.82, 2.24) is 14.7 Å². The summed E-state index contributed by atoms with van der Waals surface area (Å²) in [7, 11) is 0. The van der Waals surface area contributed by atoms with Crippen LogP contribution in [0.4, 0.5) is 0 Å². The maximum absolute atomic E-state index is 12.5. The third-order valence-electron chi connectivity index (χ3n) is 4.14. The topological polar surface area (TPSA) is 46.4 Å². The van der Waals surface area contributed by atoms with E-state index in [1.807, 2.05) is 47.0 Å². The summed E-state index contributed by atoms with van der Waals surface area (Å²) in [5, 5.41) is 3.16. The second-order valence-corrected chi connectivity index (χ2v) is 5.79. The Morgan fingerprint density at radius 1 is 1.14 bits per heavy atom. The van der Waals surface area contributed by atoms with Gasteiger partial charge in [0.25, 0.3) is 5.91 Å². The van der Waals surface area contributed by atoms with Gasteiger partial charge in [-0.2, -0.15) is 0 Å². The highest BCUT2D eigenvalue weighted by atomic mass is 16.2. The second-order valence-electron chi connectivity index (χ2n) is 5.79. The summed E-state index contributed by atoms with van der Waals surface area (Å²) < 4.78 is 1.86. The summed E-state index contributed by atoms with van der Waals surface area (Å²) in [6.45, 7) is 0.